The topological polar surface area (TPSA) is 74.5 Å². The Morgan fingerprint density at radius 1 is 1.45 bits per heavy atom. The summed E-state index contributed by atoms with van der Waals surface area (Å²) in [6.45, 7) is 4.92. The summed E-state index contributed by atoms with van der Waals surface area (Å²) in [6, 6.07) is 0.0640. The van der Waals surface area contributed by atoms with Crippen LogP contribution in [0.4, 0.5) is 0 Å². The molecule has 1 aromatic rings. The molecule has 3 atom stereocenters. The fraction of sp³-hybridized carbons (Fsp3) is 0.786. The Hall–Kier alpha value is -1.12. The number of aromatic nitrogens is 2. The molecule has 1 N–H and O–H groups in total. The number of nitrogens with zero attached hydrogens (tertiary/aromatic N) is 4. The average molecular weight is 323 g/mol. The molecule has 3 aliphatic heterocycles. The molecule has 0 spiro atoms. The monoisotopic (exact) mass is 323 g/mol. The van der Waals surface area contributed by atoms with Gasteiger partial charge in [-0.25, -0.2) is 0 Å². The molecule has 1 amide bonds. The standard InChI is InChI=1S/C14H21N5O2S/c1-14-4-3-11(20)19(14)10(8-22-14)13-16-12(17-21-13)9-7-15-5-6-18(9)2/h9-10,15H,3-8H2,1-2H3. The lowest BCUT2D eigenvalue weighted by Crippen LogP contribution is -2.44. The van der Waals surface area contributed by atoms with Gasteiger partial charge in [0.05, 0.1) is 10.9 Å². The van der Waals surface area contributed by atoms with E-state index >= 15 is 0 Å². The van der Waals surface area contributed by atoms with Crippen LogP contribution < -0.4 is 5.32 Å². The maximum atomic E-state index is 12.2. The molecule has 1 aromatic heterocycles. The number of amides is 1. The summed E-state index contributed by atoms with van der Waals surface area (Å²) in [5.41, 5.74) is 0. The van der Waals surface area contributed by atoms with E-state index in [2.05, 4.69) is 34.3 Å². The summed E-state index contributed by atoms with van der Waals surface area (Å²) < 4.78 is 5.53. The molecule has 0 saturated carbocycles. The van der Waals surface area contributed by atoms with E-state index in [-0.39, 0.29) is 22.9 Å². The van der Waals surface area contributed by atoms with E-state index in [9.17, 15) is 4.79 Å². The Morgan fingerprint density at radius 3 is 3.14 bits per heavy atom. The molecule has 120 valence electrons. The highest BCUT2D eigenvalue weighted by molar-refractivity contribution is 8.00. The zero-order chi connectivity index (χ0) is 15.3. The van der Waals surface area contributed by atoms with Gasteiger partial charge >= 0.3 is 0 Å². The van der Waals surface area contributed by atoms with Crippen LogP contribution in [0, 0.1) is 0 Å². The molecule has 0 aliphatic carbocycles. The molecule has 0 bridgehead atoms. The van der Waals surface area contributed by atoms with Crippen molar-refractivity contribution in [1.29, 1.82) is 0 Å². The van der Waals surface area contributed by atoms with Gasteiger partial charge in [-0.2, -0.15) is 4.98 Å². The Balaban J connectivity index is 1.58. The van der Waals surface area contributed by atoms with Gasteiger partial charge in [-0.05, 0) is 20.4 Å². The molecular formula is C14H21N5O2S. The van der Waals surface area contributed by atoms with Crippen molar-refractivity contribution in [2.75, 3.05) is 32.4 Å². The van der Waals surface area contributed by atoms with Crippen LogP contribution >= 0.6 is 11.8 Å². The molecule has 3 aliphatic rings. The van der Waals surface area contributed by atoms with Gasteiger partial charge in [0.15, 0.2) is 5.82 Å². The van der Waals surface area contributed by atoms with Gasteiger partial charge in [-0.1, -0.05) is 5.16 Å². The quantitative estimate of drug-likeness (QED) is 0.861. The number of likely N-dealkylation sites (N-methyl/N-ethyl adjacent to an activating group) is 1. The molecule has 4 heterocycles. The second-order valence-electron chi connectivity index (χ2n) is 6.46. The number of piperazine rings is 1. The molecule has 22 heavy (non-hydrogen) atoms. The minimum Gasteiger partial charge on any atom is -0.337 e. The summed E-state index contributed by atoms with van der Waals surface area (Å²) in [7, 11) is 2.08. The lowest BCUT2D eigenvalue weighted by atomic mass is 10.2. The first-order chi connectivity index (χ1) is 10.6. The number of fused-ring (bicyclic) bond motifs is 1. The van der Waals surface area contributed by atoms with Gasteiger partial charge in [0, 0.05) is 31.8 Å². The van der Waals surface area contributed by atoms with Crippen LogP contribution in [-0.2, 0) is 4.79 Å². The maximum absolute atomic E-state index is 12.2. The fourth-order valence-corrected chi connectivity index (χ4v) is 5.04. The summed E-state index contributed by atoms with van der Waals surface area (Å²) in [5.74, 6) is 2.34. The van der Waals surface area contributed by atoms with E-state index in [0.717, 1.165) is 37.6 Å². The molecule has 0 radical (unpaired) electrons. The third kappa shape index (κ3) is 2.16. The van der Waals surface area contributed by atoms with Gasteiger partial charge in [-0.3, -0.25) is 9.69 Å². The smallest absolute Gasteiger partial charge is 0.250 e. The van der Waals surface area contributed by atoms with E-state index < -0.39 is 0 Å². The van der Waals surface area contributed by atoms with Crippen molar-refractivity contribution in [3.63, 3.8) is 0 Å². The summed E-state index contributed by atoms with van der Waals surface area (Å²) in [6.07, 6.45) is 1.53. The van der Waals surface area contributed by atoms with Crippen molar-refractivity contribution >= 4 is 17.7 Å². The van der Waals surface area contributed by atoms with Gasteiger partial charge in [0.25, 0.3) is 0 Å². The molecule has 7 nitrogen and oxygen atoms in total. The fourth-order valence-electron chi connectivity index (χ4n) is 3.62. The molecule has 3 fully saturated rings. The van der Waals surface area contributed by atoms with Crippen molar-refractivity contribution in [3.05, 3.63) is 11.7 Å². The molecule has 3 unspecified atom stereocenters. The molecular weight excluding hydrogens is 302 g/mol. The van der Waals surface area contributed by atoms with E-state index in [4.69, 9.17) is 4.52 Å². The van der Waals surface area contributed by atoms with Crippen LogP contribution in [0.5, 0.6) is 0 Å². The number of hydrogen-bond donors (Lipinski definition) is 1. The lowest BCUT2D eigenvalue weighted by Gasteiger charge is -2.30. The van der Waals surface area contributed by atoms with Crippen molar-refractivity contribution in [3.8, 4) is 0 Å². The molecule has 8 heteroatoms. The number of carbonyl (C=O) groups excluding carboxylic acids is 1. The van der Waals surface area contributed by atoms with E-state index in [1.165, 1.54) is 0 Å². The summed E-state index contributed by atoms with van der Waals surface area (Å²) in [4.78, 5) is 20.9. The number of thioether (sulfide) groups is 1. The van der Waals surface area contributed by atoms with Crippen molar-refractivity contribution in [2.45, 2.75) is 36.7 Å². The second-order valence-corrected chi connectivity index (χ2v) is 7.96. The van der Waals surface area contributed by atoms with Crippen molar-refractivity contribution in [2.24, 2.45) is 0 Å². The molecule has 0 aromatic carbocycles. The highest BCUT2D eigenvalue weighted by atomic mass is 32.2. The zero-order valence-electron chi connectivity index (χ0n) is 12.9. The van der Waals surface area contributed by atoms with Gasteiger partial charge in [0.2, 0.25) is 11.8 Å². The lowest BCUT2D eigenvalue weighted by molar-refractivity contribution is -0.131. The first kappa shape index (κ1) is 14.5. The SMILES string of the molecule is CN1CCNCC1c1noc(C2CSC3(C)CCC(=O)N23)n1. The van der Waals surface area contributed by atoms with E-state index in [0.29, 0.717) is 12.3 Å². The number of nitrogens with one attached hydrogen (secondary N) is 1. The Labute approximate surface area is 133 Å². The highest BCUT2D eigenvalue weighted by Crippen LogP contribution is 2.52. The minimum absolute atomic E-state index is 0.0758. The van der Waals surface area contributed by atoms with Crippen LogP contribution in [0.15, 0.2) is 4.52 Å². The normalized spacial score (nSPS) is 36.1. The predicted octanol–water partition coefficient (Wildman–Crippen LogP) is 0.772. The van der Waals surface area contributed by atoms with Crippen LogP contribution in [0.2, 0.25) is 0 Å². The Kier molecular flexibility index (Phi) is 3.43. The number of hydrogen-bond acceptors (Lipinski definition) is 7. The van der Waals surface area contributed by atoms with E-state index in [1.54, 1.807) is 0 Å². The molecule has 3 saturated heterocycles. The van der Waals surface area contributed by atoms with E-state index in [1.807, 2.05) is 16.7 Å². The number of rotatable bonds is 2. The predicted molar refractivity (Wildman–Crippen MR) is 82.2 cm³/mol. The Bertz CT molecular complexity index is 594. The zero-order valence-corrected chi connectivity index (χ0v) is 13.7. The highest BCUT2D eigenvalue weighted by Gasteiger charge is 2.52. The van der Waals surface area contributed by atoms with Crippen LogP contribution in [-0.4, -0.2) is 63.2 Å². The van der Waals surface area contributed by atoms with Crippen molar-refractivity contribution < 1.29 is 9.32 Å². The Morgan fingerprint density at radius 2 is 2.32 bits per heavy atom. The average Bonchev–Trinajstić information content (AvgIpc) is 3.16. The van der Waals surface area contributed by atoms with Crippen molar-refractivity contribution in [1.82, 2.24) is 25.3 Å². The minimum atomic E-state index is -0.0976. The maximum Gasteiger partial charge on any atom is 0.250 e. The first-order valence-electron chi connectivity index (χ1n) is 7.79. The number of carbonyl (C=O) groups is 1. The molecule has 4 rings (SSSR count). The van der Waals surface area contributed by atoms with Gasteiger partial charge in [-0.15, -0.1) is 11.8 Å². The van der Waals surface area contributed by atoms with Gasteiger partial charge < -0.3 is 14.7 Å². The second kappa shape index (κ2) is 5.21. The van der Waals surface area contributed by atoms with Crippen LogP contribution in [0.1, 0.15) is 43.6 Å². The third-order valence-electron chi connectivity index (χ3n) is 5.00. The van der Waals surface area contributed by atoms with Crippen LogP contribution in [0.25, 0.3) is 0 Å². The van der Waals surface area contributed by atoms with Crippen LogP contribution in [0.3, 0.4) is 0 Å². The first-order valence-corrected chi connectivity index (χ1v) is 8.78. The summed E-state index contributed by atoms with van der Waals surface area (Å²) >= 11 is 1.82. The summed E-state index contributed by atoms with van der Waals surface area (Å²) in [5, 5.41) is 7.54. The third-order valence-corrected chi connectivity index (χ3v) is 6.50. The largest absolute Gasteiger partial charge is 0.337 e. The van der Waals surface area contributed by atoms with Gasteiger partial charge in [0.1, 0.15) is 6.04 Å².